The van der Waals surface area contributed by atoms with Crippen LogP contribution in [0.15, 0.2) is 24.3 Å². The van der Waals surface area contributed by atoms with Gasteiger partial charge in [0.05, 0.1) is 5.75 Å². The molecule has 1 aromatic rings. The third kappa shape index (κ3) is 4.11. The number of sulfonamides is 1. The van der Waals surface area contributed by atoms with E-state index >= 15 is 0 Å². The van der Waals surface area contributed by atoms with Crippen LogP contribution in [0.25, 0.3) is 0 Å². The first-order chi connectivity index (χ1) is 10.9. The molecule has 1 atom stereocenters. The molecule has 23 heavy (non-hydrogen) atoms. The van der Waals surface area contributed by atoms with Gasteiger partial charge in [-0.1, -0.05) is 25.0 Å². The maximum absolute atomic E-state index is 13.0. The van der Waals surface area contributed by atoms with Crippen LogP contribution in [-0.2, 0) is 15.8 Å². The lowest BCUT2D eigenvalue weighted by Crippen LogP contribution is -2.48. The van der Waals surface area contributed by atoms with Crippen molar-refractivity contribution in [2.24, 2.45) is 11.3 Å². The fraction of sp³-hybridized carbons (Fsp3) is 0.647. The van der Waals surface area contributed by atoms with Gasteiger partial charge in [0.2, 0.25) is 10.0 Å². The van der Waals surface area contributed by atoms with Crippen molar-refractivity contribution < 1.29 is 17.9 Å². The number of benzene rings is 1. The number of hydrogen-bond donors (Lipinski definition) is 1. The van der Waals surface area contributed by atoms with Gasteiger partial charge in [-0.15, -0.1) is 0 Å². The highest BCUT2D eigenvalue weighted by Crippen LogP contribution is 2.44. The van der Waals surface area contributed by atoms with Crippen LogP contribution in [0.2, 0.25) is 0 Å². The Labute approximate surface area is 137 Å². The molecule has 3 rings (SSSR count). The highest BCUT2D eigenvalue weighted by molar-refractivity contribution is 7.88. The summed E-state index contributed by atoms with van der Waals surface area (Å²) in [5, 5.41) is 9.86. The minimum Gasteiger partial charge on any atom is -0.396 e. The average Bonchev–Trinajstić information content (AvgIpc) is 3.33. The van der Waals surface area contributed by atoms with Gasteiger partial charge < -0.3 is 5.11 Å². The number of piperidine rings is 1. The number of aliphatic hydroxyl groups excluding tert-OH is 1. The molecule has 0 bridgehead atoms. The van der Waals surface area contributed by atoms with Gasteiger partial charge in [0.15, 0.2) is 0 Å². The lowest BCUT2D eigenvalue weighted by Gasteiger charge is -2.41. The molecule has 0 spiro atoms. The average molecular weight is 341 g/mol. The quantitative estimate of drug-likeness (QED) is 0.865. The third-order valence-electron chi connectivity index (χ3n) is 5.04. The predicted molar refractivity (Wildman–Crippen MR) is 86.7 cm³/mol. The van der Waals surface area contributed by atoms with Crippen LogP contribution in [0.4, 0.5) is 4.39 Å². The zero-order valence-electron chi connectivity index (χ0n) is 13.2. The van der Waals surface area contributed by atoms with Crippen molar-refractivity contribution in [3.05, 3.63) is 35.6 Å². The Morgan fingerprint density at radius 1 is 1.26 bits per heavy atom. The van der Waals surface area contributed by atoms with Crippen LogP contribution in [0, 0.1) is 17.2 Å². The van der Waals surface area contributed by atoms with Gasteiger partial charge in [-0.2, -0.15) is 0 Å². The Morgan fingerprint density at radius 2 is 1.96 bits per heavy atom. The van der Waals surface area contributed by atoms with E-state index in [1.807, 2.05) is 0 Å². The summed E-state index contributed by atoms with van der Waals surface area (Å²) >= 11 is 0. The van der Waals surface area contributed by atoms with Gasteiger partial charge in [-0.05, 0) is 42.9 Å². The van der Waals surface area contributed by atoms with Crippen molar-refractivity contribution in [1.82, 2.24) is 4.31 Å². The smallest absolute Gasteiger partial charge is 0.218 e. The molecule has 1 saturated heterocycles. The van der Waals surface area contributed by atoms with E-state index in [0.717, 1.165) is 19.3 Å². The lowest BCUT2D eigenvalue weighted by atomic mass is 9.77. The Kier molecular flexibility index (Phi) is 4.76. The molecule has 1 aliphatic carbocycles. The normalized spacial score (nSPS) is 26.3. The number of hydrogen-bond acceptors (Lipinski definition) is 3. The van der Waals surface area contributed by atoms with E-state index in [2.05, 4.69) is 0 Å². The summed E-state index contributed by atoms with van der Waals surface area (Å²) in [6.45, 7) is 0.964. The van der Waals surface area contributed by atoms with E-state index in [4.69, 9.17) is 0 Å². The van der Waals surface area contributed by atoms with Crippen LogP contribution < -0.4 is 0 Å². The summed E-state index contributed by atoms with van der Waals surface area (Å²) in [6.07, 6.45) is 5.00. The summed E-state index contributed by atoms with van der Waals surface area (Å²) in [7, 11) is -3.45. The molecule has 0 amide bonds. The van der Waals surface area contributed by atoms with Crippen molar-refractivity contribution in [2.45, 2.75) is 37.9 Å². The third-order valence-corrected chi connectivity index (χ3v) is 6.83. The van der Waals surface area contributed by atoms with Crippen LogP contribution in [0.1, 0.15) is 37.7 Å². The maximum atomic E-state index is 13.0. The zero-order chi connectivity index (χ0) is 16.5. The largest absolute Gasteiger partial charge is 0.396 e. The minimum atomic E-state index is -3.45. The Hall–Kier alpha value is -0.980. The molecule has 0 unspecified atom stereocenters. The summed E-state index contributed by atoms with van der Waals surface area (Å²) in [4.78, 5) is 0. The van der Waals surface area contributed by atoms with Crippen LogP contribution >= 0.6 is 0 Å². The van der Waals surface area contributed by atoms with Crippen molar-refractivity contribution >= 4 is 10.0 Å². The van der Waals surface area contributed by atoms with Crippen molar-refractivity contribution in [1.29, 1.82) is 0 Å². The fourth-order valence-corrected chi connectivity index (χ4v) is 5.25. The summed E-state index contributed by atoms with van der Waals surface area (Å²) in [5.74, 6) is 0.174. The number of rotatable bonds is 6. The second-order valence-corrected chi connectivity index (χ2v) is 9.09. The number of aliphatic hydroxyl groups is 1. The second kappa shape index (κ2) is 6.49. The first kappa shape index (κ1) is 16.9. The molecule has 1 heterocycles. The van der Waals surface area contributed by atoms with Gasteiger partial charge in [-0.3, -0.25) is 0 Å². The van der Waals surface area contributed by atoms with Gasteiger partial charge in [-0.25, -0.2) is 17.1 Å². The van der Waals surface area contributed by atoms with Gasteiger partial charge >= 0.3 is 0 Å². The number of halogens is 1. The van der Waals surface area contributed by atoms with E-state index in [9.17, 15) is 17.9 Å². The molecule has 1 aromatic carbocycles. The van der Waals surface area contributed by atoms with E-state index in [-0.39, 0.29) is 23.6 Å². The van der Waals surface area contributed by atoms with Crippen LogP contribution in [0.3, 0.4) is 0 Å². The van der Waals surface area contributed by atoms with E-state index in [0.29, 0.717) is 24.6 Å². The second-order valence-electron chi connectivity index (χ2n) is 7.13. The van der Waals surface area contributed by atoms with Gasteiger partial charge in [0.1, 0.15) is 5.82 Å². The molecule has 0 aromatic heterocycles. The van der Waals surface area contributed by atoms with E-state index in [1.165, 1.54) is 41.4 Å². The van der Waals surface area contributed by atoms with Crippen LogP contribution in [-0.4, -0.2) is 37.5 Å². The SMILES string of the molecule is O=S(=O)(Cc1ccc(F)cc1)N1CCC[C@](CO)(CC2CC2)C1. The molecular formula is C17H24FNO3S. The monoisotopic (exact) mass is 341 g/mol. The molecule has 2 aliphatic rings. The van der Waals surface area contributed by atoms with Crippen molar-refractivity contribution in [3.63, 3.8) is 0 Å². The summed E-state index contributed by atoms with van der Waals surface area (Å²) in [5.41, 5.74) is 0.309. The molecule has 1 aliphatic heterocycles. The van der Waals surface area contributed by atoms with Crippen molar-refractivity contribution in [3.8, 4) is 0 Å². The molecule has 1 N–H and O–H groups in total. The molecule has 0 radical (unpaired) electrons. The lowest BCUT2D eigenvalue weighted by molar-refractivity contribution is 0.0514. The van der Waals surface area contributed by atoms with Gasteiger partial charge in [0.25, 0.3) is 0 Å². The Bertz CT molecular complexity index is 642. The highest BCUT2D eigenvalue weighted by Gasteiger charge is 2.42. The number of nitrogens with zero attached hydrogens (tertiary/aromatic N) is 1. The van der Waals surface area contributed by atoms with E-state index in [1.54, 1.807) is 0 Å². The molecule has 6 heteroatoms. The predicted octanol–water partition coefficient (Wildman–Crippen LogP) is 2.53. The maximum Gasteiger partial charge on any atom is 0.218 e. The first-order valence-corrected chi connectivity index (χ1v) is 9.87. The molecule has 4 nitrogen and oxygen atoms in total. The summed E-state index contributed by atoms with van der Waals surface area (Å²) in [6, 6.07) is 5.60. The Balaban J connectivity index is 1.72. The Morgan fingerprint density at radius 3 is 2.57 bits per heavy atom. The standard InChI is InChI=1S/C17H24FNO3S/c18-16-6-4-15(5-7-16)11-23(21,22)19-9-1-8-17(12-19,13-20)10-14-2-3-14/h4-7,14,20H,1-3,8-13H2/t17-/m0/s1. The van der Waals surface area contributed by atoms with Gasteiger partial charge in [0, 0.05) is 25.1 Å². The first-order valence-electron chi connectivity index (χ1n) is 8.26. The molecular weight excluding hydrogens is 317 g/mol. The summed E-state index contributed by atoms with van der Waals surface area (Å²) < 4.78 is 39.9. The van der Waals surface area contributed by atoms with E-state index < -0.39 is 10.0 Å². The van der Waals surface area contributed by atoms with Crippen molar-refractivity contribution in [2.75, 3.05) is 19.7 Å². The topological polar surface area (TPSA) is 57.6 Å². The van der Waals surface area contributed by atoms with Crippen LogP contribution in [0.5, 0.6) is 0 Å². The molecule has 128 valence electrons. The fourth-order valence-electron chi connectivity index (χ4n) is 3.58. The highest BCUT2D eigenvalue weighted by atomic mass is 32.2. The molecule has 2 fully saturated rings. The zero-order valence-corrected chi connectivity index (χ0v) is 14.1. The minimum absolute atomic E-state index is 0.0477. The molecule has 1 saturated carbocycles.